The van der Waals surface area contributed by atoms with Crippen molar-refractivity contribution in [2.75, 3.05) is 14.1 Å². The van der Waals surface area contributed by atoms with Gasteiger partial charge in [-0.1, -0.05) is 54.6 Å². The van der Waals surface area contributed by atoms with Crippen molar-refractivity contribution in [2.24, 2.45) is 4.99 Å². The second-order valence-electron chi connectivity index (χ2n) is 6.93. The maximum Gasteiger partial charge on any atom is 0.227 e. The van der Waals surface area contributed by atoms with Crippen LogP contribution in [-0.4, -0.2) is 41.5 Å². The summed E-state index contributed by atoms with van der Waals surface area (Å²) in [6, 6.07) is 18.0. The monoisotopic (exact) mass is 351 g/mol. The zero-order valence-electron chi connectivity index (χ0n) is 15.8. The molecule has 1 amide bonds. The van der Waals surface area contributed by atoms with E-state index < -0.39 is 5.72 Å². The lowest BCUT2D eigenvalue weighted by molar-refractivity contribution is -0.170. The third-order valence-corrected chi connectivity index (χ3v) is 4.53. The first kappa shape index (κ1) is 18.1. The SMILES string of the molecule is Cc1ccccc1C1=NC(C)(CC(=O)N(C)Cc2ccccc2)ON1C. The Balaban J connectivity index is 1.72. The van der Waals surface area contributed by atoms with E-state index in [0.29, 0.717) is 6.54 Å². The first-order valence-corrected chi connectivity index (χ1v) is 8.74. The molecule has 1 atom stereocenters. The lowest BCUT2D eigenvalue weighted by atomic mass is 10.1. The van der Waals surface area contributed by atoms with E-state index in [9.17, 15) is 4.79 Å². The molecule has 1 heterocycles. The summed E-state index contributed by atoms with van der Waals surface area (Å²) in [5.74, 6) is 0.753. The van der Waals surface area contributed by atoms with Crippen LogP contribution >= 0.6 is 0 Å². The van der Waals surface area contributed by atoms with Crippen LogP contribution in [0.3, 0.4) is 0 Å². The zero-order valence-corrected chi connectivity index (χ0v) is 15.8. The highest BCUT2D eigenvalue weighted by Gasteiger charge is 2.38. The van der Waals surface area contributed by atoms with Crippen molar-refractivity contribution in [1.82, 2.24) is 9.96 Å². The summed E-state index contributed by atoms with van der Waals surface area (Å²) < 4.78 is 0. The van der Waals surface area contributed by atoms with E-state index in [2.05, 4.69) is 0 Å². The van der Waals surface area contributed by atoms with Crippen molar-refractivity contribution in [2.45, 2.75) is 32.5 Å². The molecule has 3 rings (SSSR count). The van der Waals surface area contributed by atoms with Crippen LogP contribution in [0.15, 0.2) is 59.6 Å². The van der Waals surface area contributed by atoms with Gasteiger partial charge in [-0.2, -0.15) is 0 Å². The Bertz CT molecular complexity index is 819. The Morgan fingerprint density at radius 2 is 1.81 bits per heavy atom. The molecule has 5 heteroatoms. The Kier molecular flexibility index (Phi) is 5.09. The first-order valence-electron chi connectivity index (χ1n) is 8.74. The van der Waals surface area contributed by atoms with Gasteiger partial charge in [0.15, 0.2) is 11.6 Å². The third kappa shape index (κ3) is 3.94. The maximum atomic E-state index is 12.7. The fourth-order valence-corrected chi connectivity index (χ4v) is 3.14. The van der Waals surface area contributed by atoms with E-state index in [-0.39, 0.29) is 12.3 Å². The van der Waals surface area contributed by atoms with Gasteiger partial charge in [0.05, 0.1) is 6.42 Å². The molecule has 5 nitrogen and oxygen atoms in total. The number of hydroxylamine groups is 2. The maximum absolute atomic E-state index is 12.7. The van der Waals surface area contributed by atoms with Crippen LogP contribution in [-0.2, 0) is 16.2 Å². The summed E-state index contributed by atoms with van der Waals surface area (Å²) in [6.07, 6.45) is 0.191. The molecule has 0 bridgehead atoms. The molecular weight excluding hydrogens is 326 g/mol. The molecule has 1 aliphatic heterocycles. The molecule has 2 aromatic rings. The van der Waals surface area contributed by atoms with Gasteiger partial charge in [-0.3, -0.25) is 4.79 Å². The van der Waals surface area contributed by atoms with Crippen molar-refractivity contribution < 1.29 is 9.63 Å². The molecule has 0 aromatic heterocycles. The largest absolute Gasteiger partial charge is 0.341 e. The molecule has 1 unspecified atom stereocenters. The van der Waals surface area contributed by atoms with Gasteiger partial charge in [-0.15, -0.1) is 0 Å². The van der Waals surface area contributed by atoms with E-state index in [0.717, 1.165) is 22.5 Å². The predicted octanol–water partition coefficient (Wildman–Crippen LogP) is 3.38. The van der Waals surface area contributed by atoms with Crippen molar-refractivity contribution in [3.05, 3.63) is 71.3 Å². The second kappa shape index (κ2) is 7.30. The summed E-state index contributed by atoms with van der Waals surface area (Å²) in [7, 11) is 3.64. The average Bonchev–Trinajstić information content (AvgIpc) is 2.90. The van der Waals surface area contributed by atoms with Gasteiger partial charge in [0.2, 0.25) is 5.91 Å². The van der Waals surface area contributed by atoms with Crippen LogP contribution in [0.1, 0.15) is 30.0 Å². The van der Waals surface area contributed by atoms with Crippen molar-refractivity contribution in [1.29, 1.82) is 0 Å². The number of amidine groups is 1. The summed E-state index contributed by atoms with van der Waals surface area (Å²) >= 11 is 0. The Morgan fingerprint density at radius 1 is 1.15 bits per heavy atom. The standard InChI is InChI=1S/C21H25N3O2/c1-16-10-8-9-13-18(16)20-22-21(2,26-24(20)4)14-19(25)23(3)15-17-11-6-5-7-12-17/h5-13H,14-15H2,1-4H3. The van der Waals surface area contributed by atoms with Crippen LogP contribution < -0.4 is 0 Å². The number of carbonyl (C=O) groups is 1. The fraction of sp³-hybridized carbons (Fsp3) is 0.333. The van der Waals surface area contributed by atoms with Crippen LogP contribution in [0.5, 0.6) is 0 Å². The molecule has 0 fully saturated rings. The molecule has 1 aliphatic rings. The fourth-order valence-electron chi connectivity index (χ4n) is 3.14. The van der Waals surface area contributed by atoms with Gasteiger partial charge in [0.1, 0.15) is 0 Å². The van der Waals surface area contributed by atoms with Crippen LogP contribution in [0.25, 0.3) is 0 Å². The van der Waals surface area contributed by atoms with Crippen molar-refractivity contribution >= 4 is 11.7 Å². The molecule has 0 spiro atoms. The highest BCUT2D eigenvalue weighted by Crippen LogP contribution is 2.29. The number of rotatable bonds is 5. The normalized spacial score (nSPS) is 19.4. The minimum Gasteiger partial charge on any atom is -0.341 e. The lowest BCUT2D eigenvalue weighted by Crippen LogP contribution is -2.36. The quantitative estimate of drug-likeness (QED) is 0.829. The molecular formula is C21H25N3O2. The van der Waals surface area contributed by atoms with Crippen LogP contribution in [0.4, 0.5) is 0 Å². The molecule has 0 aliphatic carbocycles. The first-order chi connectivity index (χ1) is 12.4. The summed E-state index contributed by atoms with van der Waals surface area (Å²) in [5.41, 5.74) is 2.35. The Morgan fingerprint density at radius 3 is 2.50 bits per heavy atom. The van der Waals surface area contributed by atoms with Gasteiger partial charge in [-0.25, -0.2) is 14.9 Å². The molecule has 0 radical (unpaired) electrons. The topological polar surface area (TPSA) is 45.1 Å². The predicted molar refractivity (Wildman–Crippen MR) is 103 cm³/mol. The van der Waals surface area contributed by atoms with Crippen molar-refractivity contribution in [3.8, 4) is 0 Å². The second-order valence-corrected chi connectivity index (χ2v) is 6.93. The summed E-state index contributed by atoms with van der Waals surface area (Å²) in [6.45, 7) is 4.46. The zero-order chi connectivity index (χ0) is 18.7. The number of hydrogen-bond donors (Lipinski definition) is 0. The molecule has 0 saturated carbocycles. The van der Waals surface area contributed by atoms with Gasteiger partial charge >= 0.3 is 0 Å². The number of nitrogens with zero attached hydrogens (tertiary/aromatic N) is 3. The number of carbonyl (C=O) groups excluding carboxylic acids is 1. The van der Waals surface area contributed by atoms with E-state index in [1.807, 2.05) is 82.5 Å². The highest BCUT2D eigenvalue weighted by molar-refractivity contribution is 6.00. The third-order valence-electron chi connectivity index (χ3n) is 4.53. The molecule has 0 N–H and O–H groups in total. The number of hydrogen-bond acceptors (Lipinski definition) is 4. The van der Waals surface area contributed by atoms with Gasteiger partial charge < -0.3 is 4.90 Å². The molecule has 0 saturated heterocycles. The lowest BCUT2D eigenvalue weighted by Gasteiger charge is -2.24. The highest BCUT2D eigenvalue weighted by atomic mass is 16.7. The van der Waals surface area contributed by atoms with E-state index in [4.69, 9.17) is 9.83 Å². The smallest absolute Gasteiger partial charge is 0.227 e. The molecule has 26 heavy (non-hydrogen) atoms. The number of aliphatic imine (C=N–C) groups is 1. The van der Waals surface area contributed by atoms with Gasteiger partial charge in [-0.05, 0) is 25.0 Å². The average molecular weight is 351 g/mol. The molecule has 2 aromatic carbocycles. The Hall–Kier alpha value is -2.66. The van der Waals surface area contributed by atoms with Gasteiger partial charge in [0, 0.05) is 26.2 Å². The Labute approximate surface area is 154 Å². The van der Waals surface area contributed by atoms with Gasteiger partial charge in [0.25, 0.3) is 0 Å². The molecule has 136 valence electrons. The van der Waals surface area contributed by atoms with E-state index in [1.165, 1.54) is 0 Å². The number of aryl methyl sites for hydroxylation is 1. The summed E-state index contributed by atoms with van der Waals surface area (Å²) in [5, 5.41) is 1.66. The minimum atomic E-state index is -0.894. The number of benzene rings is 2. The van der Waals surface area contributed by atoms with Crippen LogP contribution in [0.2, 0.25) is 0 Å². The van der Waals surface area contributed by atoms with E-state index >= 15 is 0 Å². The van der Waals surface area contributed by atoms with Crippen molar-refractivity contribution in [3.63, 3.8) is 0 Å². The number of amides is 1. The van der Waals surface area contributed by atoms with E-state index in [1.54, 1.807) is 9.96 Å². The summed E-state index contributed by atoms with van der Waals surface area (Å²) in [4.78, 5) is 25.1. The van der Waals surface area contributed by atoms with Crippen LogP contribution in [0, 0.1) is 6.92 Å². The minimum absolute atomic E-state index is 0.000429.